The smallest absolute Gasteiger partial charge is 0.243 e. The Balaban J connectivity index is 0.00000256. The second-order valence-electron chi connectivity index (χ2n) is 6.67. The highest BCUT2D eigenvalue weighted by Crippen LogP contribution is 2.29. The van der Waals surface area contributed by atoms with E-state index >= 15 is 0 Å². The lowest BCUT2D eigenvalue weighted by Crippen LogP contribution is -2.40. The molecule has 1 N–H and O–H groups in total. The number of thiazole rings is 1. The Morgan fingerprint density at radius 2 is 1.83 bits per heavy atom. The maximum absolute atomic E-state index is 12.7. The molecule has 1 aliphatic heterocycles. The van der Waals surface area contributed by atoms with Gasteiger partial charge in [-0.2, -0.15) is 4.31 Å². The van der Waals surface area contributed by atoms with Crippen molar-refractivity contribution in [3.8, 4) is 11.3 Å². The lowest BCUT2D eigenvalue weighted by molar-refractivity contribution is 0.0730. The van der Waals surface area contributed by atoms with E-state index in [1.807, 2.05) is 30.5 Å². The number of aromatic nitrogens is 1. The molecule has 0 aliphatic carbocycles. The third-order valence-corrected chi connectivity index (χ3v) is 7.76. The van der Waals surface area contributed by atoms with Crippen molar-refractivity contribution in [2.75, 3.05) is 31.6 Å². The molecule has 0 spiro atoms. The fourth-order valence-electron chi connectivity index (χ4n) is 2.99. The predicted molar refractivity (Wildman–Crippen MR) is 127 cm³/mol. The molecule has 1 aromatic heterocycles. The Labute approximate surface area is 195 Å². The van der Waals surface area contributed by atoms with E-state index < -0.39 is 10.0 Å². The largest absolute Gasteiger partial charge is 0.379 e. The number of sulfonamides is 1. The third-order valence-electron chi connectivity index (χ3n) is 4.69. The van der Waals surface area contributed by atoms with Crippen LogP contribution in [-0.2, 0) is 14.8 Å². The van der Waals surface area contributed by atoms with Crippen LogP contribution >= 0.6 is 39.9 Å². The van der Waals surface area contributed by atoms with Gasteiger partial charge in [-0.05, 0) is 36.8 Å². The van der Waals surface area contributed by atoms with Crippen LogP contribution in [0.25, 0.3) is 11.3 Å². The molecule has 1 saturated heterocycles. The van der Waals surface area contributed by atoms with E-state index in [2.05, 4.69) is 10.3 Å². The van der Waals surface area contributed by atoms with Gasteiger partial charge in [-0.3, -0.25) is 0 Å². The maximum atomic E-state index is 12.7. The first-order valence-electron chi connectivity index (χ1n) is 9.10. The number of halogens is 2. The normalized spacial score (nSPS) is 14.9. The fraction of sp³-hybridized carbons (Fsp3) is 0.250. The molecule has 0 radical (unpaired) electrons. The Kier molecular flexibility index (Phi) is 7.54. The summed E-state index contributed by atoms with van der Waals surface area (Å²) < 4.78 is 32.2. The van der Waals surface area contributed by atoms with Crippen LogP contribution in [0, 0.1) is 6.92 Å². The van der Waals surface area contributed by atoms with E-state index in [0.717, 1.165) is 27.6 Å². The van der Waals surface area contributed by atoms with Gasteiger partial charge in [0.2, 0.25) is 10.0 Å². The zero-order valence-electron chi connectivity index (χ0n) is 16.2. The summed E-state index contributed by atoms with van der Waals surface area (Å²) >= 11 is 7.65. The summed E-state index contributed by atoms with van der Waals surface area (Å²) in [5.41, 5.74) is 3.53. The highest BCUT2D eigenvalue weighted by Gasteiger charge is 2.26. The molecule has 0 saturated carbocycles. The molecule has 6 nitrogen and oxygen atoms in total. The van der Waals surface area contributed by atoms with Gasteiger partial charge in [0.1, 0.15) is 0 Å². The average molecular weight is 531 g/mol. The molecule has 1 aliphatic rings. The monoisotopic (exact) mass is 529 g/mol. The number of nitrogens with one attached hydrogen (secondary N) is 1. The Bertz CT molecular complexity index is 1110. The lowest BCUT2D eigenvalue weighted by atomic mass is 10.2. The Hall–Kier alpha value is -1.49. The number of hydrogen-bond acceptors (Lipinski definition) is 6. The van der Waals surface area contributed by atoms with Crippen molar-refractivity contribution in [3.63, 3.8) is 0 Å². The van der Waals surface area contributed by atoms with Crippen LogP contribution in [0.4, 0.5) is 10.8 Å². The van der Waals surface area contributed by atoms with Gasteiger partial charge in [-0.1, -0.05) is 29.8 Å². The number of morpholine rings is 1. The molecule has 0 atom stereocenters. The van der Waals surface area contributed by atoms with Gasteiger partial charge >= 0.3 is 0 Å². The van der Waals surface area contributed by atoms with Gasteiger partial charge in [0.05, 0.1) is 23.8 Å². The standard InChI is InChI=1S/C20H20ClN3O3S2.BrH/c1-14-2-5-16(12-18(14)21)22-20-23-19(13-28-20)15-3-6-17(7-4-15)29(25,26)24-8-10-27-11-9-24;/h2-7,12-13H,8-11H2,1H3,(H,22,23);1H. The zero-order chi connectivity index (χ0) is 20.4. The van der Waals surface area contributed by atoms with Crippen molar-refractivity contribution in [3.05, 3.63) is 58.4 Å². The highest BCUT2D eigenvalue weighted by atomic mass is 79.9. The summed E-state index contributed by atoms with van der Waals surface area (Å²) in [7, 11) is -3.49. The minimum absolute atomic E-state index is 0. The summed E-state index contributed by atoms with van der Waals surface area (Å²) in [4.78, 5) is 4.88. The van der Waals surface area contributed by atoms with Crippen molar-refractivity contribution in [2.24, 2.45) is 0 Å². The topological polar surface area (TPSA) is 71.5 Å². The fourth-order valence-corrected chi connectivity index (χ4v) is 5.32. The number of aryl methyl sites for hydroxylation is 1. The van der Waals surface area contributed by atoms with Crippen molar-refractivity contribution >= 4 is 60.8 Å². The summed E-state index contributed by atoms with van der Waals surface area (Å²) in [6, 6.07) is 12.6. The molecule has 3 aromatic rings. The average Bonchev–Trinajstić information content (AvgIpc) is 3.20. The molecule has 1 fully saturated rings. The minimum atomic E-state index is -3.49. The van der Waals surface area contributed by atoms with E-state index in [1.54, 1.807) is 24.3 Å². The van der Waals surface area contributed by atoms with Gasteiger partial charge < -0.3 is 10.1 Å². The van der Waals surface area contributed by atoms with Crippen molar-refractivity contribution in [1.82, 2.24) is 9.29 Å². The first kappa shape index (κ1) is 23.2. The first-order chi connectivity index (χ1) is 13.9. The van der Waals surface area contributed by atoms with Crippen LogP contribution in [0.15, 0.2) is 52.7 Å². The summed E-state index contributed by atoms with van der Waals surface area (Å²) in [5, 5.41) is 6.62. The maximum Gasteiger partial charge on any atom is 0.243 e. The lowest BCUT2D eigenvalue weighted by Gasteiger charge is -2.26. The van der Waals surface area contributed by atoms with E-state index in [-0.39, 0.29) is 21.9 Å². The predicted octanol–water partition coefficient (Wildman–Crippen LogP) is 5.11. The molecular weight excluding hydrogens is 510 g/mol. The van der Waals surface area contributed by atoms with Crippen LogP contribution in [0.1, 0.15) is 5.56 Å². The molecule has 0 unspecified atom stereocenters. The van der Waals surface area contributed by atoms with Crippen molar-refractivity contribution < 1.29 is 13.2 Å². The summed E-state index contributed by atoms with van der Waals surface area (Å²) in [6.07, 6.45) is 0. The van der Waals surface area contributed by atoms with Gasteiger partial charge in [-0.25, -0.2) is 13.4 Å². The molecule has 4 rings (SSSR count). The number of nitrogens with zero attached hydrogens (tertiary/aromatic N) is 2. The van der Waals surface area contributed by atoms with Gasteiger partial charge in [0.25, 0.3) is 0 Å². The van der Waals surface area contributed by atoms with Crippen molar-refractivity contribution in [2.45, 2.75) is 11.8 Å². The molecular formula is C20H21BrClN3O3S2. The van der Waals surface area contributed by atoms with Gasteiger partial charge in [-0.15, -0.1) is 28.3 Å². The number of anilines is 2. The van der Waals surface area contributed by atoms with Crippen LogP contribution in [0.5, 0.6) is 0 Å². The molecule has 0 bridgehead atoms. The van der Waals surface area contributed by atoms with Crippen molar-refractivity contribution in [1.29, 1.82) is 0 Å². The molecule has 30 heavy (non-hydrogen) atoms. The Morgan fingerprint density at radius 3 is 2.50 bits per heavy atom. The number of rotatable bonds is 5. The molecule has 2 aromatic carbocycles. The third kappa shape index (κ3) is 5.04. The Morgan fingerprint density at radius 1 is 1.13 bits per heavy atom. The quantitative estimate of drug-likeness (QED) is 0.496. The molecule has 2 heterocycles. The molecule has 160 valence electrons. The molecule has 10 heteroatoms. The van der Waals surface area contributed by atoms with Crippen LogP contribution in [-0.4, -0.2) is 44.0 Å². The van der Waals surface area contributed by atoms with Gasteiger partial charge in [0.15, 0.2) is 5.13 Å². The number of hydrogen-bond donors (Lipinski definition) is 1. The molecule has 0 amide bonds. The highest BCUT2D eigenvalue weighted by molar-refractivity contribution is 8.93. The minimum Gasteiger partial charge on any atom is -0.379 e. The van der Waals surface area contributed by atoms with E-state index in [0.29, 0.717) is 31.3 Å². The first-order valence-corrected chi connectivity index (χ1v) is 11.8. The van der Waals surface area contributed by atoms with E-state index in [1.165, 1.54) is 15.6 Å². The number of benzene rings is 2. The number of ether oxygens (including phenoxy) is 1. The van der Waals surface area contributed by atoms with E-state index in [4.69, 9.17) is 16.3 Å². The zero-order valence-corrected chi connectivity index (χ0v) is 20.3. The van der Waals surface area contributed by atoms with Crippen LogP contribution < -0.4 is 5.32 Å². The summed E-state index contributed by atoms with van der Waals surface area (Å²) in [5.74, 6) is 0. The SMILES string of the molecule is Br.Cc1ccc(Nc2nc(-c3ccc(S(=O)(=O)N4CCOCC4)cc3)cs2)cc1Cl. The summed E-state index contributed by atoms with van der Waals surface area (Å²) in [6.45, 7) is 3.58. The van der Waals surface area contributed by atoms with E-state index in [9.17, 15) is 8.42 Å². The van der Waals surface area contributed by atoms with Crippen LogP contribution in [0.2, 0.25) is 5.02 Å². The van der Waals surface area contributed by atoms with Gasteiger partial charge in [0, 0.05) is 34.7 Å². The second kappa shape index (κ2) is 9.76. The van der Waals surface area contributed by atoms with Crippen LogP contribution in [0.3, 0.4) is 0 Å². The second-order valence-corrected chi connectivity index (χ2v) is 9.87.